The molecule has 76 valence electrons. The van der Waals surface area contributed by atoms with Crippen LogP contribution in [0.15, 0.2) is 33.6 Å². The second kappa shape index (κ2) is 3.28. The number of hydrogen-bond donors (Lipinski definition) is 2. The second-order valence-corrected chi connectivity index (χ2v) is 4.15. The van der Waals surface area contributed by atoms with Crippen LogP contribution in [0.3, 0.4) is 0 Å². The first-order valence-corrected chi connectivity index (χ1v) is 5.00. The van der Waals surface area contributed by atoms with Gasteiger partial charge in [0, 0.05) is 0 Å². The molecule has 0 spiro atoms. The summed E-state index contributed by atoms with van der Waals surface area (Å²) in [4.78, 5) is 0.157. The maximum atomic E-state index is 11.4. The second-order valence-electron chi connectivity index (χ2n) is 2.57. The molecule has 0 amide bonds. The predicted molar refractivity (Wildman–Crippen MR) is 52.5 cm³/mol. The van der Waals surface area contributed by atoms with Crippen LogP contribution in [-0.2, 0) is 10.0 Å². The summed E-state index contributed by atoms with van der Waals surface area (Å²) in [7, 11) is -3.59. The van der Waals surface area contributed by atoms with Gasteiger partial charge in [-0.05, 0) is 12.1 Å². The zero-order chi connectivity index (χ0) is 9.47. The highest BCUT2D eigenvalue weighted by Crippen LogP contribution is 2.25. The molecule has 0 aromatic heterocycles. The van der Waals surface area contributed by atoms with Gasteiger partial charge in [-0.15, -0.1) is 4.40 Å². The lowest BCUT2D eigenvalue weighted by Crippen LogP contribution is -2.28. The summed E-state index contributed by atoms with van der Waals surface area (Å²) in [5, 5.41) is 2.66. The molecule has 6 nitrogen and oxygen atoms in total. The van der Waals surface area contributed by atoms with Crippen molar-refractivity contribution in [3.63, 3.8) is 0 Å². The molecule has 2 rings (SSSR count). The molecule has 0 radical (unpaired) electrons. The van der Waals surface area contributed by atoms with Gasteiger partial charge in [-0.3, -0.25) is 0 Å². The molecule has 14 heavy (non-hydrogen) atoms. The van der Waals surface area contributed by atoms with Gasteiger partial charge in [0.2, 0.25) is 5.96 Å². The van der Waals surface area contributed by atoms with Crippen LogP contribution in [0, 0.1) is 0 Å². The van der Waals surface area contributed by atoms with E-state index in [0.717, 1.165) is 0 Å². The molecule has 0 unspecified atom stereocenters. The van der Waals surface area contributed by atoms with E-state index in [9.17, 15) is 8.42 Å². The topological polar surface area (TPSA) is 116 Å². The number of nitrogens with zero attached hydrogens (tertiary/aromatic N) is 1. The Balaban J connectivity index is 0.000000980. The van der Waals surface area contributed by atoms with Gasteiger partial charge in [0.1, 0.15) is 4.90 Å². The minimum Gasteiger partial charge on any atom is -0.412 e. The van der Waals surface area contributed by atoms with Crippen molar-refractivity contribution in [2.75, 3.05) is 5.32 Å². The van der Waals surface area contributed by atoms with Crippen molar-refractivity contribution >= 4 is 21.7 Å². The average molecular weight is 215 g/mol. The van der Waals surface area contributed by atoms with E-state index < -0.39 is 10.0 Å². The molecule has 0 saturated heterocycles. The van der Waals surface area contributed by atoms with Crippen LogP contribution in [0.4, 0.5) is 5.69 Å². The molecule has 7 heteroatoms. The summed E-state index contributed by atoms with van der Waals surface area (Å²) in [6, 6.07) is 6.47. The Morgan fingerprint density at radius 1 is 1.29 bits per heavy atom. The van der Waals surface area contributed by atoms with Crippen molar-refractivity contribution in [3.05, 3.63) is 24.3 Å². The number of para-hydroxylation sites is 1. The number of nitrogens with two attached hydrogens (primary N) is 1. The molecule has 1 heterocycles. The number of rotatable bonds is 0. The number of nitrogens with one attached hydrogen (secondary N) is 1. The lowest BCUT2D eigenvalue weighted by atomic mass is 10.3. The summed E-state index contributed by atoms with van der Waals surface area (Å²) in [6.07, 6.45) is 0. The number of sulfonamides is 1. The van der Waals surface area contributed by atoms with E-state index in [2.05, 4.69) is 9.71 Å². The largest absolute Gasteiger partial charge is 0.412 e. The number of fused-ring (bicyclic) bond motifs is 1. The molecular formula is C7H9N3O3S. The van der Waals surface area contributed by atoms with Crippen LogP contribution in [0.2, 0.25) is 0 Å². The third kappa shape index (κ3) is 1.54. The number of anilines is 1. The first kappa shape index (κ1) is 10.5. The van der Waals surface area contributed by atoms with E-state index in [1.54, 1.807) is 18.2 Å². The van der Waals surface area contributed by atoms with Gasteiger partial charge < -0.3 is 16.5 Å². The maximum absolute atomic E-state index is 11.4. The number of guanidine groups is 1. The molecule has 0 saturated carbocycles. The SMILES string of the molecule is NC1=NS(=O)(=O)c2ccccc2N1.O. The smallest absolute Gasteiger partial charge is 0.287 e. The van der Waals surface area contributed by atoms with E-state index >= 15 is 0 Å². The van der Waals surface area contributed by atoms with E-state index in [-0.39, 0.29) is 16.3 Å². The molecule has 1 aliphatic rings. The molecule has 0 atom stereocenters. The zero-order valence-corrected chi connectivity index (χ0v) is 7.88. The minimum atomic E-state index is -3.59. The Kier molecular flexibility index (Phi) is 2.45. The predicted octanol–water partition coefficient (Wildman–Crippen LogP) is -0.709. The van der Waals surface area contributed by atoms with Crippen molar-refractivity contribution < 1.29 is 13.9 Å². The Labute approximate surface area is 80.8 Å². The summed E-state index contributed by atoms with van der Waals surface area (Å²) < 4.78 is 26.1. The summed E-state index contributed by atoms with van der Waals surface area (Å²) >= 11 is 0. The number of benzene rings is 1. The van der Waals surface area contributed by atoms with Crippen LogP contribution in [0.25, 0.3) is 0 Å². The highest BCUT2D eigenvalue weighted by Gasteiger charge is 2.22. The van der Waals surface area contributed by atoms with E-state index in [1.165, 1.54) is 6.07 Å². The van der Waals surface area contributed by atoms with Crippen LogP contribution >= 0.6 is 0 Å². The molecule has 1 aliphatic heterocycles. The first-order chi connectivity index (χ1) is 6.09. The van der Waals surface area contributed by atoms with Gasteiger partial charge in [-0.25, -0.2) is 0 Å². The normalized spacial score (nSPS) is 17.0. The minimum absolute atomic E-state index is 0. The zero-order valence-electron chi connectivity index (χ0n) is 7.06. The first-order valence-electron chi connectivity index (χ1n) is 3.56. The van der Waals surface area contributed by atoms with Gasteiger partial charge in [0.15, 0.2) is 0 Å². The monoisotopic (exact) mass is 215 g/mol. The van der Waals surface area contributed by atoms with Crippen molar-refractivity contribution in [2.24, 2.45) is 10.1 Å². The molecule has 5 N–H and O–H groups in total. The molecule has 1 aromatic rings. The standard InChI is InChI=1S/C7H7N3O2S.H2O/c8-7-9-5-3-1-2-4-6(5)13(11,12)10-7;/h1-4H,(H3,8,9,10);1H2. The summed E-state index contributed by atoms with van der Waals surface area (Å²) in [5.74, 6) is -0.0984. The average Bonchev–Trinajstić information content (AvgIpc) is 2.02. The van der Waals surface area contributed by atoms with Crippen LogP contribution in [-0.4, -0.2) is 19.9 Å². The quantitative estimate of drug-likeness (QED) is 0.594. The van der Waals surface area contributed by atoms with Crippen molar-refractivity contribution in [3.8, 4) is 0 Å². The molecule has 0 aliphatic carbocycles. The van der Waals surface area contributed by atoms with Crippen LogP contribution in [0.5, 0.6) is 0 Å². The van der Waals surface area contributed by atoms with Gasteiger partial charge in [0.05, 0.1) is 5.69 Å². The highest BCUT2D eigenvalue weighted by atomic mass is 32.2. The van der Waals surface area contributed by atoms with Crippen molar-refractivity contribution in [2.45, 2.75) is 4.90 Å². The lowest BCUT2D eigenvalue weighted by molar-refractivity contribution is 0.597. The van der Waals surface area contributed by atoms with E-state index in [4.69, 9.17) is 5.73 Å². The molecule has 0 fully saturated rings. The van der Waals surface area contributed by atoms with Crippen molar-refractivity contribution in [1.82, 2.24) is 0 Å². The fourth-order valence-electron chi connectivity index (χ4n) is 1.13. The van der Waals surface area contributed by atoms with Crippen LogP contribution < -0.4 is 11.1 Å². The summed E-state index contributed by atoms with van der Waals surface area (Å²) in [5.41, 5.74) is 5.75. The molecular weight excluding hydrogens is 206 g/mol. The molecule has 1 aromatic carbocycles. The fraction of sp³-hybridized carbons (Fsp3) is 0. The van der Waals surface area contributed by atoms with Gasteiger partial charge in [0.25, 0.3) is 10.0 Å². The Morgan fingerprint density at radius 2 is 1.93 bits per heavy atom. The van der Waals surface area contributed by atoms with Gasteiger partial charge in [-0.1, -0.05) is 12.1 Å². The fourth-order valence-corrected chi connectivity index (χ4v) is 2.18. The Bertz CT molecular complexity index is 481. The van der Waals surface area contributed by atoms with E-state index in [0.29, 0.717) is 5.69 Å². The Morgan fingerprint density at radius 3 is 2.64 bits per heavy atom. The van der Waals surface area contributed by atoms with Gasteiger partial charge in [-0.2, -0.15) is 8.42 Å². The molecule has 0 bridgehead atoms. The highest BCUT2D eigenvalue weighted by molar-refractivity contribution is 7.90. The third-order valence-electron chi connectivity index (χ3n) is 1.65. The van der Waals surface area contributed by atoms with Gasteiger partial charge >= 0.3 is 0 Å². The van der Waals surface area contributed by atoms with E-state index in [1.807, 2.05) is 0 Å². The van der Waals surface area contributed by atoms with Crippen LogP contribution in [0.1, 0.15) is 0 Å². The maximum Gasteiger partial charge on any atom is 0.287 e. The summed E-state index contributed by atoms with van der Waals surface area (Å²) in [6.45, 7) is 0. The Hall–Kier alpha value is -1.60. The third-order valence-corrected chi connectivity index (χ3v) is 3.00. The number of hydrogen-bond acceptors (Lipinski definition) is 4. The van der Waals surface area contributed by atoms with Crippen molar-refractivity contribution in [1.29, 1.82) is 0 Å². The lowest BCUT2D eigenvalue weighted by Gasteiger charge is -2.14.